The first-order valence-corrected chi connectivity index (χ1v) is 10.9. The summed E-state index contributed by atoms with van der Waals surface area (Å²) >= 11 is 0. The summed E-state index contributed by atoms with van der Waals surface area (Å²) in [5, 5.41) is 5.76. The summed E-state index contributed by atoms with van der Waals surface area (Å²) in [6.45, 7) is 12.2. The molecule has 2 rings (SSSR count). The minimum atomic E-state index is -0.717. The van der Waals surface area contributed by atoms with E-state index in [2.05, 4.69) is 17.2 Å². The van der Waals surface area contributed by atoms with Crippen molar-refractivity contribution in [3.8, 4) is 0 Å². The quantitative estimate of drug-likeness (QED) is 0.562. The lowest BCUT2D eigenvalue weighted by atomic mass is 9.85. The van der Waals surface area contributed by atoms with E-state index in [1.54, 1.807) is 11.0 Å². The molecule has 1 saturated heterocycles. The van der Waals surface area contributed by atoms with E-state index in [9.17, 15) is 14.4 Å². The molecule has 1 saturated carbocycles. The number of amides is 3. The normalized spacial score (nSPS) is 21.0. The first kappa shape index (κ1) is 24.1. The van der Waals surface area contributed by atoms with Gasteiger partial charge in [0.2, 0.25) is 17.7 Å². The molecule has 30 heavy (non-hydrogen) atoms. The third kappa shape index (κ3) is 6.69. The van der Waals surface area contributed by atoms with E-state index in [4.69, 9.17) is 4.74 Å². The molecule has 1 heterocycles. The zero-order chi connectivity index (χ0) is 22.3. The van der Waals surface area contributed by atoms with E-state index in [-0.39, 0.29) is 30.4 Å². The smallest absolute Gasteiger partial charge is 0.246 e. The van der Waals surface area contributed by atoms with Crippen LogP contribution in [0.3, 0.4) is 0 Å². The highest BCUT2D eigenvalue weighted by atomic mass is 16.5. The second-order valence-corrected chi connectivity index (χ2v) is 9.39. The molecule has 168 valence electrons. The minimum absolute atomic E-state index is 0.0383. The Kier molecular flexibility index (Phi) is 8.65. The molecule has 0 aromatic heterocycles. The fraction of sp³-hybridized carbons (Fsp3) is 0.696. The maximum atomic E-state index is 13.4. The van der Waals surface area contributed by atoms with Gasteiger partial charge in [-0.25, -0.2) is 0 Å². The highest BCUT2D eigenvalue weighted by Crippen LogP contribution is 2.26. The van der Waals surface area contributed by atoms with Gasteiger partial charge < -0.3 is 20.3 Å². The SMILES string of the molecule is C=C/C=C(\C)CNC(=O)C1CCCN1C(=O)C(NC(=O)COC1CCC1)C(C)(C)C. The molecule has 3 amide bonds. The van der Waals surface area contributed by atoms with Crippen LogP contribution in [0.1, 0.15) is 59.8 Å². The summed E-state index contributed by atoms with van der Waals surface area (Å²) < 4.78 is 5.58. The average Bonchev–Trinajstić information content (AvgIpc) is 3.11. The Labute approximate surface area is 180 Å². The van der Waals surface area contributed by atoms with Crippen molar-refractivity contribution in [3.63, 3.8) is 0 Å². The average molecular weight is 420 g/mol. The molecule has 2 aliphatic rings. The zero-order valence-corrected chi connectivity index (χ0v) is 18.8. The van der Waals surface area contributed by atoms with Crippen LogP contribution in [0.5, 0.6) is 0 Å². The van der Waals surface area contributed by atoms with Gasteiger partial charge in [-0.1, -0.05) is 45.1 Å². The first-order valence-electron chi connectivity index (χ1n) is 10.9. The van der Waals surface area contributed by atoms with Gasteiger partial charge >= 0.3 is 0 Å². The Balaban J connectivity index is 2.00. The number of allylic oxidation sites excluding steroid dienone is 2. The molecule has 2 atom stereocenters. The van der Waals surface area contributed by atoms with Crippen LogP contribution >= 0.6 is 0 Å². The molecule has 7 nitrogen and oxygen atoms in total. The van der Waals surface area contributed by atoms with Crippen molar-refractivity contribution >= 4 is 17.7 Å². The maximum absolute atomic E-state index is 13.4. The van der Waals surface area contributed by atoms with Crippen molar-refractivity contribution in [1.29, 1.82) is 0 Å². The molecule has 0 bridgehead atoms. The van der Waals surface area contributed by atoms with Crippen LogP contribution in [-0.2, 0) is 19.1 Å². The fourth-order valence-electron chi connectivity index (χ4n) is 3.66. The van der Waals surface area contributed by atoms with Crippen LogP contribution in [0.2, 0.25) is 0 Å². The summed E-state index contributed by atoms with van der Waals surface area (Å²) in [6, 6.07) is -1.23. The number of ether oxygens (including phenoxy) is 1. The van der Waals surface area contributed by atoms with Crippen LogP contribution < -0.4 is 10.6 Å². The van der Waals surface area contributed by atoms with Crippen LogP contribution in [0, 0.1) is 5.41 Å². The molecule has 1 aliphatic heterocycles. The van der Waals surface area contributed by atoms with Gasteiger partial charge in [0.25, 0.3) is 0 Å². The lowest BCUT2D eigenvalue weighted by Crippen LogP contribution is -2.58. The van der Waals surface area contributed by atoms with Gasteiger partial charge in [-0.15, -0.1) is 0 Å². The standard InChI is InChI=1S/C23H37N3O4/c1-6-9-16(2)14-24-21(28)18-12-8-13-26(18)22(29)20(23(3,4)5)25-19(27)15-30-17-10-7-11-17/h6,9,17-18,20H,1,7-8,10-15H2,2-5H3,(H,24,28)(H,25,27)/b16-9+. The monoisotopic (exact) mass is 419 g/mol. The maximum Gasteiger partial charge on any atom is 0.246 e. The number of carbonyl (C=O) groups excluding carboxylic acids is 3. The van der Waals surface area contributed by atoms with Gasteiger partial charge in [-0.3, -0.25) is 14.4 Å². The number of hydrogen-bond acceptors (Lipinski definition) is 4. The van der Waals surface area contributed by atoms with Crippen molar-refractivity contribution in [1.82, 2.24) is 15.5 Å². The number of nitrogens with zero attached hydrogens (tertiary/aromatic N) is 1. The third-order valence-corrected chi connectivity index (χ3v) is 5.70. The Morgan fingerprint density at radius 2 is 1.90 bits per heavy atom. The van der Waals surface area contributed by atoms with Gasteiger partial charge in [0, 0.05) is 13.1 Å². The molecule has 0 radical (unpaired) electrons. The van der Waals surface area contributed by atoms with Crippen molar-refractivity contribution < 1.29 is 19.1 Å². The molecule has 2 fully saturated rings. The third-order valence-electron chi connectivity index (χ3n) is 5.70. The van der Waals surface area contributed by atoms with Crippen molar-refractivity contribution in [2.45, 2.75) is 78.0 Å². The van der Waals surface area contributed by atoms with E-state index >= 15 is 0 Å². The topological polar surface area (TPSA) is 87.7 Å². The van der Waals surface area contributed by atoms with Gasteiger partial charge in [0.05, 0.1) is 6.10 Å². The van der Waals surface area contributed by atoms with Crippen LogP contribution in [-0.4, -0.2) is 60.5 Å². The van der Waals surface area contributed by atoms with Crippen LogP contribution in [0.15, 0.2) is 24.3 Å². The van der Waals surface area contributed by atoms with Crippen molar-refractivity contribution in [3.05, 3.63) is 24.3 Å². The Morgan fingerprint density at radius 1 is 1.20 bits per heavy atom. The summed E-state index contributed by atoms with van der Waals surface area (Å²) in [4.78, 5) is 40.1. The number of nitrogens with one attached hydrogen (secondary N) is 2. The summed E-state index contributed by atoms with van der Waals surface area (Å²) in [5.41, 5.74) is 0.497. The highest BCUT2D eigenvalue weighted by molar-refractivity contribution is 5.93. The highest BCUT2D eigenvalue weighted by Gasteiger charge is 2.41. The second kappa shape index (κ2) is 10.8. The summed E-state index contributed by atoms with van der Waals surface area (Å²) in [6.07, 6.45) is 8.17. The van der Waals surface area contributed by atoms with Gasteiger partial charge in [-0.05, 0) is 44.4 Å². The van der Waals surface area contributed by atoms with Gasteiger partial charge in [0.1, 0.15) is 18.7 Å². The Morgan fingerprint density at radius 3 is 2.47 bits per heavy atom. The van der Waals surface area contributed by atoms with E-state index in [1.165, 1.54) is 0 Å². The fourth-order valence-corrected chi connectivity index (χ4v) is 3.66. The Bertz CT molecular complexity index is 676. The second-order valence-electron chi connectivity index (χ2n) is 9.39. The van der Waals surface area contributed by atoms with Crippen LogP contribution in [0.4, 0.5) is 0 Å². The molecule has 0 spiro atoms. The van der Waals surface area contributed by atoms with Gasteiger partial charge in [0.15, 0.2) is 0 Å². The van der Waals surface area contributed by atoms with Gasteiger partial charge in [-0.2, -0.15) is 0 Å². The lowest BCUT2D eigenvalue weighted by Gasteiger charge is -2.35. The molecule has 2 unspecified atom stereocenters. The van der Waals surface area contributed by atoms with E-state index in [0.717, 1.165) is 31.3 Å². The molecule has 0 aromatic rings. The number of hydrogen-bond donors (Lipinski definition) is 2. The lowest BCUT2D eigenvalue weighted by molar-refractivity contribution is -0.145. The number of rotatable bonds is 9. The largest absolute Gasteiger partial charge is 0.368 e. The van der Waals surface area contributed by atoms with Crippen molar-refractivity contribution in [2.24, 2.45) is 5.41 Å². The summed E-state index contributed by atoms with van der Waals surface area (Å²) in [5.74, 6) is -0.666. The number of likely N-dealkylation sites (tertiary alicyclic amines) is 1. The minimum Gasteiger partial charge on any atom is -0.368 e. The molecule has 0 aromatic carbocycles. The van der Waals surface area contributed by atoms with E-state index < -0.39 is 17.5 Å². The zero-order valence-electron chi connectivity index (χ0n) is 18.8. The Hall–Kier alpha value is -2.15. The molecule has 1 aliphatic carbocycles. The van der Waals surface area contributed by atoms with E-state index in [0.29, 0.717) is 19.5 Å². The first-order chi connectivity index (χ1) is 14.1. The van der Waals surface area contributed by atoms with E-state index in [1.807, 2.05) is 33.8 Å². The number of carbonyl (C=O) groups is 3. The molecular formula is C23H37N3O4. The predicted octanol–water partition coefficient (Wildman–Crippen LogP) is 2.33. The molecular weight excluding hydrogens is 382 g/mol. The van der Waals surface area contributed by atoms with Crippen molar-refractivity contribution in [2.75, 3.05) is 19.7 Å². The molecule has 7 heteroatoms. The molecule has 2 N–H and O–H groups in total. The van der Waals surface area contributed by atoms with Crippen LogP contribution in [0.25, 0.3) is 0 Å². The summed E-state index contributed by atoms with van der Waals surface area (Å²) in [7, 11) is 0. The predicted molar refractivity (Wildman–Crippen MR) is 117 cm³/mol.